The number of allylic oxidation sites excluding steroid dienone is 2. The lowest BCUT2D eigenvalue weighted by molar-refractivity contribution is 0.258. The number of phosphoric ester groups is 1. The molecule has 4 nitrogen and oxygen atoms in total. The van der Waals surface area contributed by atoms with Crippen LogP contribution in [-0.4, -0.2) is 9.79 Å². The van der Waals surface area contributed by atoms with Gasteiger partial charge in [0.2, 0.25) is 0 Å². The van der Waals surface area contributed by atoms with Crippen LogP contribution in [0, 0.1) is 0 Å². The summed E-state index contributed by atoms with van der Waals surface area (Å²) in [6, 6.07) is 0. The van der Waals surface area contributed by atoms with E-state index in [-0.39, 0.29) is 0 Å². The minimum atomic E-state index is -4.33. The molecule has 9 heavy (non-hydrogen) atoms. The molecule has 0 aromatic carbocycles. The fraction of sp³-hybridized carbons (Fsp3) is 0. The van der Waals surface area contributed by atoms with Gasteiger partial charge in [-0.2, -0.15) is 0 Å². The zero-order valence-electron chi connectivity index (χ0n) is 4.60. The molecule has 0 spiro atoms. The molecule has 0 amide bonds. The second kappa shape index (κ2) is 3.45. The van der Waals surface area contributed by atoms with Crippen LogP contribution < -0.4 is 0 Å². The van der Waals surface area contributed by atoms with Crippen LogP contribution in [0.25, 0.3) is 0 Å². The number of rotatable bonds is 3. The predicted molar refractivity (Wildman–Crippen MR) is 32.5 cm³/mol. The Morgan fingerprint density at radius 2 is 2.11 bits per heavy atom. The van der Waals surface area contributed by atoms with Gasteiger partial charge in [0.05, 0.1) is 6.26 Å². The zero-order valence-corrected chi connectivity index (χ0v) is 5.49. The molecule has 0 saturated heterocycles. The normalized spacial score (nSPS) is 11.8. The molecule has 52 valence electrons. The van der Waals surface area contributed by atoms with E-state index in [2.05, 4.69) is 11.1 Å². The van der Waals surface area contributed by atoms with Crippen molar-refractivity contribution in [3.63, 3.8) is 0 Å². The first kappa shape index (κ1) is 8.43. The smallest absolute Gasteiger partial charge is 0.412 e. The first-order valence-corrected chi connectivity index (χ1v) is 3.61. The average Bonchev–Trinajstić information content (AvgIpc) is 1.63. The molecule has 0 aliphatic rings. The van der Waals surface area contributed by atoms with Gasteiger partial charge < -0.3 is 4.52 Å². The second-order valence-corrected chi connectivity index (χ2v) is 2.35. The Kier molecular flexibility index (Phi) is 3.24. The minimum Gasteiger partial charge on any atom is -0.412 e. The van der Waals surface area contributed by atoms with E-state index >= 15 is 0 Å². The van der Waals surface area contributed by atoms with Gasteiger partial charge in [0.15, 0.2) is 0 Å². The van der Waals surface area contributed by atoms with Crippen molar-refractivity contribution in [2.24, 2.45) is 0 Å². The number of hydrogen-bond donors (Lipinski definition) is 2. The van der Waals surface area contributed by atoms with Gasteiger partial charge in [0.1, 0.15) is 0 Å². The summed E-state index contributed by atoms with van der Waals surface area (Å²) in [5.41, 5.74) is 0. The van der Waals surface area contributed by atoms with E-state index in [1.54, 1.807) is 0 Å². The molecule has 0 saturated carbocycles. The third kappa shape index (κ3) is 7.43. The summed E-state index contributed by atoms with van der Waals surface area (Å²) < 4.78 is 13.8. The van der Waals surface area contributed by atoms with Gasteiger partial charge >= 0.3 is 7.82 Å². The standard InChI is InChI=1S/C4H7O4P/c1-2-3-4-8-9(5,6)7/h2-4H,1H2,(H2,5,6,7). The third-order valence-electron chi connectivity index (χ3n) is 0.413. The maximum Gasteiger partial charge on any atom is 0.524 e. The topological polar surface area (TPSA) is 66.8 Å². The molecular formula is C4H7O4P. The lowest BCUT2D eigenvalue weighted by Crippen LogP contribution is -1.76. The van der Waals surface area contributed by atoms with Crippen LogP contribution in [0.15, 0.2) is 25.0 Å². The van der Waals surface area contributed by atoms with Crippen molar-refractivity contribution in [3.05, 3.63) is 25.0 Å². The van der Waals surface area contributed by atoms with Crippen LogP contribution in [0.1, 0.15) is 0 Å². The van der Waals surface area contributed by atoms with Crippen LogP contribution >= 0.6 is 7.82 Å². The van der Waals surface area contributed by atoms with E-state index in [1.807, 2.05) is 0 Å². The van der Waals surface area contributed by atoms with Gasteiger partial charge in [-0.1, -0.05) is 12.7 Å². The third-order valence-corrected chi connectivity index (χ3v) is 0.809. The van der Waals surface area contributed by atoms with Crippen LogP contribution in [0.5, 0.6) is 0 Å². The van der Waals surface area contributed by atoms with Gasteiger partial charge in [-0.05, 0) is 6.08 Å². The highest BCUT2D eigenvalue weighted by Crippen LogP contribution is 2.35. The summed E-state index contributed by atoms with van der Waals surface area (Å²) in [6.45, 7) is 3.26. The Morgan fingerprint density at radius 3 is 2.44 bits per heavy atom. The zero-order chi connectivity index (χ0) is 7.33. The van der Waals surface area contributed by atoms with Crippen LogP contribution in [0.4, 0.5) is 0 Å². The van der Waals surface area contributed by atoms with Gasteiger partial charge in [-0.15, -0.1) is 0 Å². The van der Waals surface area contributed by atoms with E-state index in [0.29, 0.717) is 0 Å². The van der Waals surface area contributed by atoms with Gasteiger partial charge in [-0.3, -0.25) is 9.79 Å². The minimum absolute atomic E-state index is 0.883. The van der Waals surface area contributed by atoms with E-state index in [9.17, 15) is 4.57 Å². The summed E-state index contributed by atoms with van der Waals surface area (Å²) in [6.07, 6.45) is 3.50. The second-order valence-electron chi connectivity index (χ2n) is 1.16. The monoisotopic (exact) mass is 150 g/mol. The summed E-state index contributed by atoms with van der Waals surface area (Å²) in [5, 5.41) is 0. The molecule has 0 unspecified atom stereocenters. The number of phosphoric acid groups is 1. The van der Waals surface area contributed by atoms with Crippen molar-refractivity contribution >= 4 is 7.82 Å². The maximum absolute atomic E-state index is 9.89. The van der Waals surface area contributed by atoms with E-state index in [0.717, 1.165) is 6.26 Å². The Labute approximate surface area is 52.7 Å². The Hall–Kier alpha value is -0.570. The molecule has 5 heteroatoms. The molecule has 0 rings (SSSR count). The van der Waals surface area contributed by atoms with Crippen LogP contribution in [0.2, 0.25) is 0 Å². The highest BCUT2D eigenvalue weighted by atomic mass is 31.2. The Morgan fingerprint density at radius 1 is 1.56 bits per heavy atom. The van der Waals surface area contributed by atoms with Crippen LogP contribution in [-0.2, 0) is 9.09 Å². The quantitative estimate of drug-likeness (QED) is 0.354. The van der Waals surface area contributed by atoms with E-state index in [1.165, 1.54) is 12.2 Å². The highest BCUT2D eigenvalue weighted by Gasteiger charge is 2.10. The predicted octanol–water partition coefficient (Wildman–Crippen LogP) is 0.795. The molecule has 2 N–H and O–H groups in total. The fourth-order valence-electron chi connectivity index (χ4n) is 0.170. The molecule has 0 heterocycles. The largest absolute Gasteiger partial charge is 0.524 e. The summed E-state index contributed by atoms with van der Waals surface area (Å²) >= 11 is 0. The van der Waals surface area contributed by atoms with Crippen molar-refractivity contribution in [2.75, 3.05) is 0 Å². The van der Waals surface area contributed by atoms with Gasteiger partial charge in [0.25, 0.3) is 0 Å². The average molecular weight is 150 g/mol. The van der Waals surface area contributed by atoms with Crippen molar-refractivity contribution in [1.82, 2.24) is 0 Å². The van der Waals surface area contributed by atoms with E-state index < -0.39 is 7.82 Å². The molecule has 0 bridgehead atoms. The van der Waals surface area contributed by atoms with E-state index in [4.69, 9.17) is 9.79 Å². The molecule has 0 radical (unpaired) electrons. The lowest BCUT2D eigenvalue weighted by atomic mass is 10.6. The van der Waals surface area contributed by atoms with Crippen molar-refractivity contribution in [3.8, 4) is 0 Å². The lowest BCUT2D eigenvalue weighted by Gasteiger charge is -1.97. The first-order valence-electron chi connectivity index (χ1n) is 2.08. The molecule has 0 aliphatic heterocycles. The number of hydrogen-bond acceptors (Lipinski definition) is 2. The molecule has 0 aromatic heterocycles. The highest BCUT2D eigenvalue weighted by molar-refractivity contribution is 7.46. The Bertz CT molecular complexity index is 156. The SMILES string of the molecule is C=CC=COP(=O)(O)O. The molecular weight excluding hydrogens is 143 g/mol. The fourth-order valence-corrected chi connectivity index (χ4v) is 0.399. The van der Waals surface area contributed by atoms with Crippen LogP contribution in [0.3, 0.4) is 0 Å². The molecule has 0 fully saturated rings. The summed E-state index contributed by atoms with van der Waals surface area (Å²) in [5.74, 6) is 0. The first-order chi connectivity index (χ1) is 4.06. The van der Waals surface area contributed by atoms with Gasteiger partial charge in [-0.25, -0.2) is 4.57 Å². The summed E-state index contributed by atoms with van der Waals surface area (Å²) in [4.78, 5) is 16.1. The maximum atomic E-state index is 9.89. The Balaban J connectivity index is 3.63. The molecule has 0 aliphatic carbocycles. The van der Waals surface area contributed by atoms with Crippen molar-refractivity contribution < 1.29 is 18.9 Å². The van der Waals surface area contributed by atoms with Gasteiger partial charge in [0, 0.05) is 0 Å². The summed E-state index contributed by atoms with van der Waals surface area (Å²) in [7, 11) is -4.33. The van der Waals surface area contributed by atoms with Crippen molar-refractivity contribution in [1.29, 1.82) is 0 Å². The molecule has 0 aromatic rings. The molecule has 0 atom stereocenters. The van der Waals surface area contributed by atoms with Crippen molar-refractivity contribution in [2.45, 2.75) is 0 Å².